The molecule has 8 rings (SSSR count). The van der Waals surface area contributed by atoms with Crippen molar-refractivity contribution in [3.63, 3.8) is 0 Å². The average molecular weight is 744 g/mol. The Bertz CT molecular complexity index is 2150. The first-order chi connectivity index (χ1) is 24.8. The lowest BCUT2D eigenvalue weighted by Crippen LogP contribution is -2.43. The Morgan fingerprint density at radius 3 is 2.75 bits per heavy atom. The van der Waals surface area contributed by atoms with Crippen LogP contribution in [0.15, 0.2) is 18.2 Å². The van der Waals surface area contributed by atoms with Crippen molar-refractivity contribution in [1.82, 2.24) is 19.8 Å². The molecule has 4 saturated heterocycles. The van der Waals surface area contributed by atoms with Crippen molar-refractivity contribution < 1.29 is 35.9 Å². The molecule has 0 aliphatic carbocycles. The molecule has 1 amide bonds. The normalized spacial score (nSPS) is 24.8. The second-order valence-electron chi connectivity index (χ2n) is 14.2. The molecule has 0 radical (unpaired) electrons. The van der Waals surface area contributed by atoms with Crippen LogP contribution in [0.5, 0.6) is 6.01 Å². The molecular formula is C36H35F6N7O2S. The van der Waals surface area contributed by atoms with E-state index in [4.69, 9.17) is 10.5 Å². The van der Waals surface area contributed by atoms with Crippen LogP contribution in [-0.2, 0) is 11.0 Å². The van der Waals surface area contributed by atoms with E-state index in [0.717, 1.165) is 37.5 Å². The maximum absolute atomic E-state index is 17.2. The van der Waals surface area contributed by atoms with E-state index in [2.05, 4.69) is 9.97 Å². The molecule has 4 aliphatic heterocycles. The lowest BCUT2D eigenvalue weighted by molar-refractivity contribution is -0.137. The number of alkyl halides is 4. The number of thiophene rings is 1. The average Bonchev–Trinajstić information content (AvgIpc) is 3.86. The molecule has 4 aromatic rings. The third-order valence-corrected chi connectivity index (χ3v) is 12.3. The summed E-state index contributed by atoms with van der Waals surface area (Å²) in [6, 6.07) is 3.89. The van der Waals surface area contributed by atoms with Gasteiger partial charge >= 0.3 is 12.2 Å². The minimum Gasteiger partial charge on any atom is -0.461 e. The minimum absolute atomic E-state index is 0.00746. The van der Waals surface area contributed by atoms with Crippen molar-refractivity contribution in [2.75, 3.05) is 43.4 Å². The fourth-order valence-corrected chi connectivity index (χ4v) is 9.98. The van der Waals surface area contributed by atoms with Crippen LogP contribution in [0.4, 0.5) is 37.2 Å². The predicted molar refractivity (Wildman–Crippen MR) is 184 cm³/mol. The van der Waals surface area contributed by atoms with Crippen LogP contribution >= 0.6 is 11.3 Å². The number of nitriles is 1. The molecule has 0 saturated carbocycles. The number of rotatable bonds is 7. The maximum atomic E-state index is 17.2. The Kier molecular flexibility index (Phi) is 8.44. The van der Waals surface area contributed by atoms with Crippen molar-refractivity contribution >= 4 is 49.1 Å². The molecule has 52 heavy (non-hydrogen) atoms. The van der Waals surface area contributed by atoms with E-state index in [9.17, 15) is 18.8 Å². The van der Waals surface area contributed by atoms with Crippen LogP contribution in [-0.4, -0.2) is 82.3 Å². The Morgan fingerprint density at radius 2 is 2.02 bits per heavy atom. The number of nitrogens with two attached hydrogens (primary N) is 1. The zero-order chi connectivity index (χ0) is 36.7. The number of aromatic nitrogens is 2. The number of nitrogens with zero attached hydrogens (tertiary/aromatic N) is 6. The van der Waals surface area contributed by atoms with Crippen LogP contribution in [0.2, 0.25) is 0 Å². The number of carbonyl (C=O) groups excluding carboxylic acids is 1. The van der Waals surface area contributed by atoms with Crippen molar-refractivity contribution in [3.8, 4) is 23.2 Å². The third kappa shape index (κ3) is 5.50. The van der Waals surface area contributed by atoms with Crippen LogP contribution < -0.4 is 15.4 Å². The molecule has 0 bridgehead atoms. The molecule has 4 fully saturated rings. The van der Waals surface area contributed by atoms with Gasteiger partial charge in [-0.3, -0.25) is 9.69 Å². The van der Waals surface area contributed by atoms with Crippen LogP contribution in [0.25, 0.3) is 32.1 Å². The van der Waals surface area contributed by atoms with Gasteiger partial charge in [0.25, 0.3) is 0 Å². The minimum atomic E-state index is -5.11. The van der Waals surface area contributed by atoms with Crippen molar-refractivity contribution in [3.05, 3.63) is 41.0 Å². The van der Waals surface area contributed by atoms with E-state index in [0.29, 0.717) is 43.7 Å². The predicted octanol–water partition coefficient (Wildman–Crippen LogP) is 7.20. The Balaban J connectivity index is 1.34. The first-order valence-electron chi connectivity index (χ1n) is 17.4. The molecule has 2 aromatic heterocycles. The molecule has 6 heterocycles. The molecule has 16 heteroatoms. The molecule has 4 aliphatic rings. The largest absolute Gasteiger partial charge is 0.461 e. The van der Waals surface area contributed by atoms with E-state index in [-0.39, 0.29) is 87.5 Å². The molecule has 2 aromatic carbocycles. The quantitative estimate of drug-likeness (QED) is 0.198. The summed E-state index contributed by atoms with van der Waals surface area (Å²) < 4.78 is 98.1. The third-order valence-electron chi connectivity index (χ3n) is 11.3. The summed E-state index contributed by atoms with van der Waals surface area (Å²) in [5.41, 5.74) is 1.98. The molecule has 2 N–H and O–H groups in total. The Labute approximate surface area is 298 Å². The number of hydrogen-bond donors (Lipinski definition) is 1. The second-order valence-corrected chi connectivity index (χ2v) is 15.3. The zero-order valence-corrected chi connectivity index (χ0v) is 29.0. The van der Waals surface area contributed by atoms with Gasteiger partial charge in [0.2, 0.25) is 5.91 Å². The van der Waals surface area contributed by atoms with Gasteiger partial charge in [-0.05, 0) is 63.3 Å². The summed E-state index contributed by atoms with van der Waals surface area (Å²) in [5.74, 6) is -2.16. The van der Waals surface area contributed by atoms with Crippen LogP contribution in [0, 0.1) is 23.0 Å². The number of hydrogen-bond acceptors (Lipinski definition) is 9. The van der Waals surface area contributed by atoms with Crippen molar-refractivity contribution in [1.29, 1.82) is 5.26 Å². The molecular weight excluding hydrogens is 708 g/mol. The fourth-order valence-electron chi connectivity index (χ4n) is 9.03. The summed E-state index contributed by atoms with van der Waals surface area (Å²) in [7, 11) is 0. The molecule has 4 atom stereocenters. The summed E-state index contributed by atoms with van der Waals surface area (Å²) in [6.07, 6.45) is -1.90. The number of carbonyl (C=O) groups is 1. The molecule has 0 unspecified atom stereocenters. The van der Waals surface area contributed by atoms with Gasteiger partial charge in [0.05, 0.1) is 21.4 Å². The highest BCUT2D eigenvalue weighted by Crippen LogP contribution is 2.49. The number of ether oxygens (including phenoxy) is 1. The highest BCUT2D eigenvalue weighted by molar-refractivity contribution is 7.23. The lowest BCUT2D eigenvalue weighted by Gasteiger charge is -2.32. The van der Waals surface area contributed by atoms with E-state index in [1.54, 1.807) is 16.7 Å². The van der Waals surface area contributed by atoms with Crippen molar-refractivity contribution in [2.24, 2.45) is 0 Å². The number of halogens is 6. The van der Waals surface area contributed by atoms with Crippen LogP contribution in [0.3, 0.4) is 0 Å². The number of amides is 1. The smallest absolute Gasteiger partial charge is 0.417 e. The lowest BCUT2D eigenvalue weighted by atomic mass is 9.92. The van der Waals surface area contributed by atoms with Crippen molar-refractivity contribution in [2.45, 2.75) is 81.8 Å². The van der Waals surface area contributed by atoms with E-state index in [1.165, 1.54) is 0 Å². The summed E-state index contributed by atoms with van der Waals surface area (Å²) in [5, 5.41) is 9.29. The number of benzene rings is 2. The maximum Gasteiger partial charge on any atom is 0.417 e. The highest BCUT2D eigenvalue weighted by atomic mass is 32.1. The summed E-state index contributed by atoms with van der Waals surface area (Å²) in [6.45, 7) is 3.33. The van der Waals surface area contributed by atoms with Crippen LogP contribution in [0.1, 0.15) is 63.0 Å². The van der Waals surface area contributed by atoms with Gasteiger partial charge in [0, 0.05) is 60.9 Å². The van der Waals surface area contributed by atoms with Gasteiger partial charge < -0.3 is 20.3 Å². The highest BCUT2D eigenvalue weighted by Gasteiger charge is 2.50. The Hall–Kier alpha value is -4.36. The van der Waals surface area contributed by atoms with E-state index in [1.807, 2.05) is 11.0 Å². The second kappa shape index (κ2) is 12.6. The molecule has 274 valence electrons. The van der Waals surface area contributed by atoms with E-state index >= 15 is 17.6 Å². The van der Waals surface area contributed by atoms with Gasteiger partial charge in [-0.1, -0.05) is 6.07 Å². The number of likely N-dealkylation sites (N-methyl/N-ethyl adjacent to an activating group) is 1. The summed E-state index contributed by atoms with van der Waals surface area (Å²) >= 11 is 0.687. The number of anilines is 2. The Morgan fingerprint density at radius 1 is 1.21 bits per heavy atom. The number of fused-ring (bicyclic) bond motifs is 4. The van der Waals surface area contributed by atoms with Gasteiger partial charge in [-0.2, -0.15) is 28.4 Å². The SMILES string of the molecule is CCN(c1nc(OC[C@@]23CCCN2C[C@H](F)C3)nc2c(F)c(-c3ccc(F)c4sc(N)c(C#N)c34)c(C(F)(F)F)cc12)[C@H]1C[C@H]2CCCC(=O)N2C1. The standard InChI is InChI=1S/C36H35F6N7O2S/c1-2-48(20-11-19-5-3-6-26(50)49(19)16-20)33-22-12-24(36(40,41)42)28(21-7-8-25(38)31-27(21)23(14-43)32(44)52-31)29(39)30(22)45-34(46-33)51-17-35-9-4-10-47(35)15-18(37)13-35/h7-8,12,18-20H,2-6,9-11,13,15-17,44H2,1H3/t18-,19-,20+,35+/m1/s1. The molecule has 0 spiro atoms. The van der Waals surface area contributed by atoms with Gasteiger partial charge in [0.15, 0.2) is 5.82 Å². The first kappa shape index (κ1) is 34.7. The van der Waals surface area contributed by atoms with Gasteiger partial charge in [0.1, 0.15) is 41.0 Å². The van der Waals surface area contributed by atoms with E-state index < -0.39 is 46.2 Å². The van der Waals surface area contributed by atoms with Gasteiger partial charge in [-0.15, -0.1) is 11.3 Å². The summed E-state index contributed by atoms with van der Waals surface area (Å²) in [4.78, 5) is 27.4. The number of nitrogen functional groups attached to an aromatic ring is 1. The number of piperidine rings is 1. The fraction of sp³-hybridized carbons (Fsp3) is 0.500. The monoisotopic (exact) mass is 743 g/mol. The van der Waals surface area contributed by atoms with Gasteiger partial charge in [-0.25, -0.2) is 13.2 Å². The zero-order valence-electron chi connectivity index (χ0n) is 28.2. The first-order valence-corrected chi connectivity index (χ1v) is 18.3. The molecule has 9 nitrogen and oxygen atoms in total. The topological polar surface area (TPSA) is 112 Å².